The molecular formula is C31H35N3O3. The number of rotatable bonds is 11. The molecule has 4 aromatic rings. The first-order valence-electron chi connectivity index (χ1n) is 13.0. The van der Waals surface area contributed by atoms with E-state index in [-0.39, 0.29) is 17.9 Å². The van der Waals surface area contributed by atoms with Crippen LogP contribution in [0.25, 0.3) is 10.8 Å². The van der Waals surface area contributed by atoms with Crippen LogP contribution in [0.5, 0.6) is 0 Å². The summed E-state index contributed by atoms with van der Waals surface area (Å²) in [6, 6.07) is 25.0. The van der Waals surface area contributed by atoms with Crippen molar-refractivity contribution in [2.45, 2.75) is 51.5 Å². The lowest BCUT2D eigenvalue weighted by molar-refractivity contribution is -0.125. The molecule has 0 bridgehead atoms. The number of nitrogens with one attached hydrogen (secondary N) is 1. The first kappa shape index (κ1) is 26.1. The highest BCUT2D eigenvalue weighted by molar-refractivity contribution is 5.87. The van der Waals surface area contributed by atoms with E-state index in [1.54, 1.807) is 6.20 Å². The van der Waals surface area contributed by atoms with Crippen molar-refractivity contribution in [3.05, 3.63) is 102 Å². The highest BCUT2D eigenvalue weighted by Crippen LogP contribution is 2.24. The number of methoxy groups -OCH3 is 1. The van der Waals surface area contributed by atoms with Crippen LogP contribution in [0.4, 0.5) is 4.79 Å². The number of aryl methyl sites for hydroxylation is 1. The molecule has 2 atom stereocenters. The molecular weight excluding hydrogens is 462 g/mol. The van der Waals surface area contributed by atoms with Crippen molar-refractivity contribution in [1.82, 2.24) is 14.9 Å². The van der Waals surface area contributed by atoms with Crippen LogP contribution in [0.1, 0.15) is 43.0 Å². The fourth-order valence-corrected chi connectivity index (χ4v) is 4.83. The SMILES string of the molecule is COC(=O)n1cnc(C[C@@H](C)NC(=O)C(CCCCc2ccccc2)Cc2cccc3ccccc23)c1. The third-order valence-corrected chi connectivity index (χ3v) is 6.75. The van der Waals surface area contributed by atoms with Gasteiger partial charge in [-0.15, -0.1) is 0 Å². The van der Waals surface area contributed by atoms with E-state index in [9.17, 15) is 9.59 Å². The number of imidazole rings is 1. The second kappa shape index (κ2) is 12.9. The quantitative estimate of drug-likeness (QED) is 0.259. The Hall–Kier alpha value is -3.93. The molecule has 0 saturated carbocycles. The summed E-state index contributed by atoms with van der Waals surface area (Å²) in [5.41, 5.74) is 3.26. The normalized spacial score (nSPS) is 12.7. The zero-order chi connectivity index (χ0) is 26.0. The molecule has 0 saturated heterocycles. The number of aromatic nitrogens is 2. The molecule has 1 unspecified atom stereocenters. The summed E-state index contributed by atoms with van der Waals surface area (Å²) in [5, 5.41) is 5.60. The van der Waals surface area contributed by atoms with Crippen LogP contribution >= 0.6 is 0 Å². The molecule has 6 heteroatoms. The molecule has 1 amide bonds. The lowest BCUT2D eigenvalue weighted by Crippen LogP contribution is -2.39. The first-order chi connectivity index (χ1) is 18.0. The number of carbonyl (C=O) groups is 2. The van der Waals surface area contributed by atoms with Crippen LogP contribution in [0.3, 0.4) is 0 Å². The third-order valence-electron chi connectivity index (χ3n) is 6.75. The molecule has 3 aromatic carbocycles. The summed E-state index contributed by atoms with van der Waals surface area (Å²) in [6.07, 6.45) is 7.69. The minimum atomic E-state index is -0.485. The van der Waals surface area contributed by atoms with Gasteiger partial charge in [0.1, 0.15) is 6.33 Å². The highest BCUT2D eigenvalue weighted by atomic mass is 16.5. The third kappa shape index (κ3) is 7.29. The average molecular weight is 498 g/mol. The Kier molecular flexibility index (Phi) is 9.08. The summed E-state index contributed by atoms with van der Waals surface area (Å²) >= 11 is 0. The fourth-order valence-electron chi connectivity index (χ4n) is 4.83. The Bertz CT molecular complexity index is 1310. The standard InChI is InChI=1S/C31H35N3O3/c1-23(19-28-21-34(22-32-28)31(36)37-2)33-30(35)27(15-7-6-13-24-11-4-3-5-12-24)20-26-17-10-16-25-14-8-9-18-29(25)26/h3-5,8-12,14,16-18,21-23,27H,6-7,13,15,19-20H2,1-2H3,(H,33,35)/t23-,27?/m1/s1. The van der Waals surface area contributed by atoms with E-state index >= 15 is 0 Å². The molecule has 0 aliphatic carbocycles. The lowest BCUT2D eigenvalue weighted by Gasteiger charge is -2.21. The van der Waals surface area contributed by atoms with Gasteiger partial charge in [-0.05, 0) is 54.5 Å². The van der Waals surface area contributed by atoms with Gasteiger partial charge in [-0.25, -0.2) is 14.3 Å². The molecule has 1 aromatic heterocycles. The van der Waals surface area contributed by atoms with Gasteiger partial charge < -0.3 is 10.1 Å². The number of hydrogen-bond acceptors (Lipinski definition) is 4. The largest absolute Gasteiger partial charge is 0.452 e. The van der Waals surface area contributed by atoms with Crippen molar-refractivity contribution in [1.29, 1.82) is 0 Å². The maximum absolute atomic E-state index is 13.5. The molecule has 6 nitrogen and oxygen atoms in total. The number of hydrogen-bond donors (Lipinski definition) is 1. The second-order valence-corrected chi connectivity index (χ2v) is 9.63. The number of amides is 1. The number of nitrogens with zero attached hydrogens (tertiary/aromatic N) is 2. The molecule has 0 spiro atoms. The van der Waals surface area contributed by atoms with E-state index in [4.69, 9.17) is 4.74 Å². The number of ether oxygens (including phenoxy) is 1. The van der Waals surface area contributed by atoms with Crippen molar-refractivity contribution in [3.63, 3.8) is 0 Å². The molecule has 37 heavy (non-hydrogen) atoms. The minimum Gasteiger partial charge on any atom is -0.452 e. The second-order valence-electron chi connectivity index (χ2n) is 9.63. The lowest BCUT2D eigenvalue weighted by atomic mass is 9.90. The van der Waals surface area contributed by atoms with Gasteiger partial charge in [0.2, 0.25) is 5.91 Å². The molecule has 0 aliphatic rings. The molecule has 1 heterocycles. The summed E-state index contributed by atoms with van der Waals surface area (Å²) in [4.78, 5) is 29.5. The van der Waals surface area contributed by atoms with Gasteiger partial charge in [-0.2, -0.15) is 0 Å². The molecule has 0 aliphatic heterocycles. The van der Waals surface area contributed by atoms with Gasteiger partial charge in [0.25, 0.3) is 0 Å². The summed E-state index contributed by atoms with van der Waals surface area (Å²) < 4.78 is 6.03. The van der Waals surface area contributed by atoms with E-state index in [0.29, 0.717) is 12.8 Å². The molecule has 4 rings (SSSR count). The van der Waals surface area contributed by atoms with Crippen molar-refractivity contribution in [3.8, 4) is 0 Å². The van der Waals surface area contributed by atoms with Crippen LogP contribution in [0, 0.1) is 5.92 Å². The predicted octanol–water partition coefficient (Wildman–Crippen LogP) is 5.97. The average Bonchev–Trinajstić information content (AvgIpc) is 3.38. The van der Waals surface area contributed by atoms with Crippen LogP contribution in [0.2, 0.25) is 0 Å². The van der Waals surface area contributed by atoms with E-state index in [0.717, 1.165) is 31.4 Å². The maximum atomic E-state index is 13.5. The summed E-state index contributed by atoms with van der Waals surface area (Å²) in [6.45, 7) is 1.97. The smallest absolute Gasteiger partial charge is 0.418 e. The minimum absolute atomic E-state index is 0.0625. The van der Waals surface area contributed by atoms with E-state index in [1.165, 1.54) is 39.9 Å². The van der Waals surface area contributed by atoms with Crippen LogP contribution in [0.15, 0.2) is 85.3 Å². The number of benzene rings is 3. The van der Waals surface area contributed by atoms with Crippen molar-refractivity contribution in [2.24, 2.45) is 5.92 Å². The zero-order valence-corrected chi connectivity index (χ0v) is 21.6. The molecule has 192 valence electrons. The summed E-state index contributed by atoms with van der Waals surface area (Å²) in [5.74, 6) is -0.0656. The summed E-state index contributed by atoms with van der Waals surface area (Å²) in [7, 11) is 1.33. The topological polar surface area (TPSA) is 73.2 Å². The van der Waals surface area contributed by atoms with Crippen LogP contribution < -0.4 is 5.32 Å². The molecule has 1 N–H and O–H groups in total. The van der Waals surface area contributed by atoms with Gasteiger partial charge >= 0.3 is 6.09 Å². The molecule has 0 radical (unpaired) electrons. The zero-order valence-electron chi connectivity index (χ0n) is 21.6. The van der Waals surface area contributed by atoms with Crippen molar-refractivity contribution >= 4 is 22.8 Å². The predicted molar refractivity (Wildman–Crippen MR) is 146 cm³/mol. The Morgan fingerprint density at radius 2 is 1.70 bits per heavy atom. The number of unbranched alkanes of at least 4 members (excludes halogenated alkanes) is 1. The number of fused-ring (bicyclic) bond motifs is 1. The van der Waals surface area contributed by atoms with Crippen molar-refractivity contribution < 1.29 is 14.3 Å². The van der Waals surface area contributed by atoms with Crippen LogP contribution in [-0.4, -0.2) is 34.7 Å². The van der Waals surface area contributed by atoms with Gasteiger partial charge in [0, 0.05) is 24.6 Å². The highest BCUT2D eigenvalue weighted by Gasteiger charge is 2.22. The van der Waals surface area contributed by atoms with Gasteiger partial charge in [0.05, 0.1) is 12.8 Å². The monoisotopic (exact) mass is 497 g/mol. The fraction of sp³-hybridized carbons (Fsp3) is 0.323. The Morgan fingerprint density at radius 3 is 2.51 bits per heavy atom. The van der Waals surface area contributed by atoms with E-state index < -0.39 is 6.09 Å². The van der Waals surface area contributed by atoms with Gasteiger partial charge in [0.15, 0.2) is 0 Å². The number of carbonyl (C=O) groups excluding carboxylic acids is 2. The molecule has 0 fully saturated rings. The van der Waals surface area contributed by atoms with Gasteiger partial charge in [-0.1, -0.05) is 79.2 Å². The Labute approximate surface area is 218 Å². The first-order valence-corrected chi connectivity index (χ1v) is 13.0. The van der Waals surface area contributed by atoms with Gasteiger partial charge in [-0.3, -0.25) is 4.79 Å². The van der Waals surface area contributed by atoms with Crippen LogP contribution in [-0.2, 0) is 28.8 Å². The maximum Gasteiger partial charge on any atom is 0.418 e. The van der Waals surface area contributed by atoms with E-state index in [2.05, 4.69) is 71.0 Å². The Balaban J connectivity index is 1.42. The van der Waals surface area contributed by atoms with Crippen molar-refractivity contribution in [2.75, 3.05) is 7.11 Å². The van der Waals surface area contributed by atoms with E-state index in [1.807, 2.05) is 19.1 Å². The Morgan fingerprint density at radius 1 is 0.946 bits per heavy atom.